The summed E-state index contributed by atoms with van der Waals surface area (Å²) in [5.41, 5.74) is 0.347. The Balaban J connectivity index is 1.90. The second kappa shape index (κ2) is 6.25. The summed E-state index contributed by atoms with van der Waals surface area (Å²) in [6, 6.07) is 7.01. The zero-order valence-corrected chi connectivity index (χ0v) is 16.1. The third-order valence-electron chi connectivity index (χ3n) is 4.63. The molecule has 1 unspecified atom stereocenters. The first-order chi connectivity index (χ1) is 11.6. The van der Waals surface area contributed by atoms with Crippen molar-refractivity contribution in [2.75, 3.05) is 12.3 Å². The van der Waals surface area contributed by atoms with Crippen LogP contribution < -0.4 is 0 Å². The van der Waals surface area contributed by atoms with E-state index in [9.17, 15) is 18.3 Å². The van der Waals surface area contributed by atoms with Gasteiger partial charge in [0.15, 0.2) is 0 Å². The number of benzene rings is 1. The molecule has 2 atom stereocenters. The number of thiazole rings is 1. The van der Waals surface area contributed by atoms with Crippen LogP contribution in [0.15, 0.2) is 28.6 Å². The molecule has 1 saturated heterocycles. The van der Waals surface area contributed by atoms with E-state index < -0.39 is 15.9 Å². The number of fused-ring (bicyclic) bond motifs is 1. The molecule has 1 fully saturated rings. The van der Waals surface area contributed by atoms with Gasteiger partial charge in [0.25, 0.3) is 0 Å². The Bertz CT molecular complexity index is 866. The number of hydrogen-bond donors (Lipinski definition) is 1. The molecule has 2 aromatic rings. The Morgan fingerprint density at radius 3 is 2.64 bits per heavy atom. The maximum absolute atomic E-state index is 12.9. The molecule has 25 heavy (non-hydrogen) atoms. The summed E-state index contributed by atoms with van der Waals surface area (Å²) in [6.45, 7) is 6.24. The number of sulfone groups is 1. The number of amides is 1. The highest BCUT2D eigenvalue weighted by molar-refractivity contribution is 7.93. The average Bonchev–Trinajstić information content (AvgIpc) is 3.09. The number of carbonyl (C=O) groups is 1. The molecule has 1 aliphatic heterocycles. The SMILES string of the molecule is CC(C)(C)C1[C@@H](CS(=O)(=O)c2nc3ccccc3s2)CCN1C(=O)O. The quantitative estimate of drug-likeness (QED) is 0.878. The largest absolute Gasteiger partial charge is 0.465 e. The Morgan fingerprint density at radius 2 is 2.04 bits per heavy atom. The topological polar surface area (TPSA) is 87.6 Å². The third kappa shape index (κ3) is 3.50. The number of nitrogens with zero attached hydrogens (tertiary/aromatic N) is 2. The summed E-state index contributed by atoms with van der Waals surface area (Å²) in [4.78, 5) is 17.2. The number of aromatic nitrogens is 1. The standard InChI is InChI=1S/C17H22N2O4S2/c1-17(2,3)14-11(8-9-19(14)16(20)21)10-25(22,23)15-18-12-6-4-5-7-13(12)24-15/h4-7,11,14H,8-10H2,1-3H3,(H,20,21)/t11-,14?/m1/s1. The average molecular weight is 383 g/mol. The molecule has 0 radical (unpaired) electrons. The van der Waals surface area contributed by atoms with E-state index in [0.29, 0.717) is 18.5 Å². The molecule has 1 aromatic carbocycles. The minimum atomic E-state index is -3.56. The molecule has 1 aliphatic rings. The van der Waals surface area contributed by atoms with Crippen molar-refractivity contribution in [2.24, 2.45) is 11.3 Å². The second-order valence-corrected chi connectivity index (χ2v) is 10.8. The summed E-state index contributed by atoms with van der Waals surface area (Å²) in [5, 5.41) is 9.44. The van der Waals surface area contributed by atoms with Crippen LogP contribution in [0.2, 0.25) is 0 Å². The lowest BCUT2D eigenvalue weighted by Gasteiger charge is -2.36. The van der Waals surface area contributed by atoms with E-state index in [0.717, 1.165) is 4.70 Å². The lowest BCUT2D eigenvalue weighted by Crippen LogP contribution is -2.46. The van der Waals surface area contributed by atoms with Gasteiger partial charge in [-0.1, -0.05) is 32.9 Å². The fraction of sp³-hybridized carbons (Fsp3) is 0.529. The molecular weight excluding hydrogens is 360 g/mol. The van der Waals surface area contributed by atoms with Gasteiger partial charge in [0.05, 0.1) is 16.0 Å². The first-order valence-electron chi connectivity index (χ1n) is 8.17. The Kier molecular flexibility index (Phi) is 4.53. The molecule has 8 heteroatoms. The van der Waals surface area contributed by atoms with E-state index in [1.165, 1.54) is 16.2 Å². The van der Waals surface area contributed by atoms with Gasteiger partial charge >= 0.3 is 6.09 Å². The number of rotatable bonds is 3. The Hall–Kier alpha value is -1.67. The smallest absolute Gasteiger partial charge is 0.407 e. The van der Waals surface area contributed by atoms with Crippen LogP contribution in [0.25, 0.3) is 10.2 Å². The van der Waals surface area contributed by atoms with Gasteiger partial charge in [-0.15, -0.1) is 11.3 Å². The summed E-state index contributed by atoms with van der Waals surface area (Å²) >= 11 is 1.17. The van der Waals surface area contributed by atoms with Gasteiger partial charge in [-0.25, -0.2) is 18.2 Å². The Labute approximate surface area is 151 Å². The van der Waals surface area contributed by atoms with E-state index in [4.69, 9.17) is 0 Å². The van der Waals surface area contributed by atoms with Crippen molar-refractivity contribution in [3.05, 3.63) is 24.3 Å². The maximum Gasteiger partial charge on any atom is 0.407 e. The number of carboxylic acid groups (broad SMARTS) is 1. The molecule has 136 valence electrons. The van der Waals surface area contributed by atoms with Crippen molar-refractivity contribution in [1.82, 2.24) is 9.88 Å². The van der Waals surface area contributed by atoms with Crippen molar-refractivity contribution >= 4 is 37.5 Å². The molecule has 3 rings (SSSR count). The Morgan fingerprint density at radius 1 is 1.36 bits per heavy atom. The van der Waals surface area contributed by atoms with Crippen molar-refractivity contribution in [3.8, 4) is 0 Å². The fourth-order valence-corrected chi connectivity index (χ4v) is 6.73. The molecule has 1 aromatic heterocycles. The molecule has 0 aliphatic carbocycles. The van der Waals surface area contributed by atoms with Crippen LogP contribution >= 0.6 is 11.3 Å². The van der Waals surface area contributed by atoms with Gasteiger partial charge < -0.3 is 10.0 Å². The van der Waals surface area contributed by atoms with Gasteiger partial charge in [0.1, 0.15) is 0 Å². The normalized spacial score (nSPS) is 21.8. The number of likely N-dealkylation sites (tertiary alicyclic amines) is 1. The zero-order chi connectivity index (χ0) is 18.4. The van der Waals surface area contributed by atoms with Gasteiger partial charge in [-0.3, -0.25) is 0 Å². The van der Waals surface area contributed by atoms with Gasteiger partial charge in [0.2, 0.25) is 14.2 Å². The van der Waals surface area contributed by atoms with Crippen LogP contribution in [0.4, 0.5) is 4.79 Å². The van der Waals surface area contributed by atoms with Crippen LogP contribution in [0, 0.1) is 11.3 Å². The monoisotopic (exact) mass is 382 g/mol. The first kappa shape index (κ1) is 18.1. The molecule has 2 heterocycles. The van der Waals surface area contributed by atoms with Gasteiger partial charge in [-0.05, 0) is 29.9 Å². The summed E-state index contributed by atoms with van der Waals surface area (Å²) < 4.78 is 26.7. The van der Waals surface area contributed by atoms with Crippen molar-refractivity contribution in [1.29, 1.82) is 0 Å². The van der Waals surface area contributed by atoms with Crippen LogP contribution in [0.5, 0.6) is 0 Å². The van der Waals surface area contributed by atoms with Crippen molar-refractivity contribution in [3.63, 3.8) is 0 Å². The zero-order valence-electron chi connectivity index (χ0n) is 14.5. The van der Waals surface area contributed by atoms with Crippen LogP contribution in [0.1, 0.15) is 27.2 Å². The molecule has 1 amide bonds. The third-order valence-corrected chi connectivity index (χ3v) is 7.96. The van der Waals surface area contributed by atoms with Gasteiger partial charge in [0, 0.05) is 12.6 Å². The number of hydrogen-bond acceptors (Lipinski definition) is 5. The number of para-hydroxylation sites is 1. The second-order valence-electron chi connectivity index (χ2n) is 7.56. The predicted octanol–water partition coefficient (Wildman–Crippen LogP) is 3.48. The summed E-state index contributed by atoms with van der Waals surface area (Å²) in [5.74, 6) is -0.299. The van der Waals surface area contributed by atoms with Crippen LogP contribution in [0.3, 0.4) is 0 Å². The lowest BCUT2D eigenvalue weighted by atomic mass is 9.80. The minimum absolute atomic E-state index is 0.0709. The van der Waals surface area contributed by atoms with E-state index >= 15 is 0 Å². The lowest BCUT2D eigenvalue weighted by molar-refractivity contribution is 0.0943. The molecule has 1 N–H and O–H groups in total. The highest BCUT2D eigenvalue weighted by Crippen LogP contribution is 2.39. The minimum Gasteiger partial charge on any atom is -0.465 e. The van der Waals surface area contributed by atoms with Crippen LogP contribution in [-0.2, 0) is 9.84 Å². The van der Waals surface area contributed by atoms with Crippen molar-refractivity contribution < 1.29 is 18.3 Å². The molecule has 0 bridgehead atoms. The molecule has 0 spiro atoms. The molecule has 6 nitrogen and oxygen atoms in total. The van der Waals surface area contributed by atoms with Gasteiger partial charge in [-0.2, -0.15) is 0 Å². The summed E-state index contributed by atoms with van der Waals surface area (Å²) in [7, 11) is -3.56. The predicted molar refractivity (Wildman–Crippen MR) is 97.8 cm³/mol. The van der Waals surface area contributed by atoms with Crippen LogP contribution in [-0.4, -0.2) is 47.8 Å². The van der Waals surface area contributed by atoms with E-state index in [1.807, 2.05) is 39.0 Å². The molecule has 0 saturated carbocycles. The highest BCUT2D eigenvalue weighted by atomic mass is 32.2. The van der Waals surface area contributed by atoms with E-state index in [1.54, 1.807) is 6.07 Å². The van der Waals surface area contributed by atoms with E-state index in [-0.39, 0.29) is 27.5 Å². The summed E-state index contributed by atoms with van der Waals surface area (Å²) in [6.07, 6.45) is -0.432. The fourth-order valence-electron chi connectivity index (χ4n) is 3.76. The highest BCUT2D eigenvalue weighted by Gasteiger charge is 2.45. The van der Waals surface area contributed by atoms with E-state index in [2.05, 4.69) is 4.98 Å². The first-order valence-corrected chi connectivity index (χ1v) is 10.6. The molecular formula is C17H22N2O4S2. The van der Waals surface area contributed by atoms with Crippen molar-refractivity contribution in [2.45, 2.75) is 37.6 Å². The maximum atomic E-state index is 12.9.